The zero-order valence-electron chi connectivity index (χ0n) is 11.9. The summed E-state index contributed by atoms with van der Waals surface area (Å²) in [5.41, 5.74) is 0.875. The lowest BCUT2D eigenvalue weighted by atomic mass is 10.0. The van der Waals surface area contributed by atoms with Crippen LogP contribution in [0.5, 0.6) is 17.2 Å². The molecule has 22 heavy (non-hydrogen) atoms. The van der Waals surface area contributed by atoms with Gasteiger partial charge in [0.1, 0.15) is 22.8 Å². The van der Waals surface area contributed by atoms with Gasteiger partial charge in [0.25, 0.3) is 0 Å². The molecule has 0 aliphatic heterocycles. The smallest absolute Gasteiger partial charge is 0.347 e. The standard InChI is InChI=1S/C18H14O4/c1-11-7-8-13-14(9-11)16(19)10-15(17(13)20)18(21)22-12-5-3-2-4-6-12/h2-10,19-20H,1H3. The molecule has 3 rings (SSSR count). The van der Waals surface area contributed by atoms with E-state index < -0.39 is 5.97 Å². The van der Waals surface area contributed by atoms with Crippen LogP contribution in [-0.4, -0.2) is 16.2 Å². The van der Waals surface area contributed by atoms with Crippen molar-refractivity contribution < 1.29 is 19.7 Å². The number of ether oxygens (including phenoxy) is 1. The molecular weight excluding hydrogens is 280 g/mol. The minimum atomic E-state index is -0.721. The Labute approximate surface area is 127 Å². The lowest BCUT2D eigenvalue weighted by Crippen LogP contribution is -2.08. The minimum absolute atomic E-state index is 0.0716. The number of carbonyl (C=O) groups excluding carboxylic acids is 1. The van der Waals surface area contributed by atoms with E-state index in [1.807, 2.05) is 6.92 Å². The van der Waals surface area contributed by atoms with E-state index in [0.29, 0.717) is 16.5 Å². The fourth-order valence-electron chi connectivity index (χ4n) is 2.31. The normalized spacial score (nSPS) is 10.6. The average molecular weight is 294 g/mol. The Hall–Kier alpha value is -3.01. The van der Waals surface area contributed by atoms with Crippen LogP contribution in [-0.2, 0) is 0 Å². The number of phenols is 2. The fourth-order valence-corrected chi connectivity index (χ4v) is 2.31. The Kier molecular flexibility index (Phi) is 3.43. The molecule has 4 nitrogen and oxygen atoms in total. The molecule has 0 unspecified atom stereocenters. The number of benzene rings is 3. The van der Waals surface area contributed by atoms with Crippen LogP contribution in [0.2, 0.25) is 0 Å². The molecule has 0 fully saturated rings. The molecule has 0 spiro atoms. The second-order valence-corrected chi connectivity index (χ2v) is 5.04. The van der Waals surface area contributed by atoms with Gasteiger partial charge in [0.15, 0.2) is 0 Å². The highest BCUT2D eigenvalue weighted by Gasteiger charge is 2.19. The van der Waals surface area contributed by atoms with Crippen LogP contribution in [0.4, 0.5) is 0 Å². The van der Waals surface area contributed by atoms with E-state index in [-0.39, 0.29) is 17.1 Å². The molecule has 0 aliphatic carbocycles. The van der Waals surface area contributed by atoms with Crippen molar-refractivity contribution in [1.82, 2.24) is 0 Å². The van der Waals surface area contributed by atoms with Crippen LogP contribution < -0.4 is 4.74 Å². The third kappa shape index (κ3) is 2.46. The monoisotopic (exact) mass is 294 g/mol. The number of para-hydroxylation sites is 1. The summed E-state index contributed by atoms with van der Waals surface area (Å²) in [5.74, 6) is -0.623. The molecule has 0 aromatic heterocycles. The van der Waals surface area contributed by atoms with E-state index >= 15 is 0 Å². The zero-order valence-corrected chi connectivity index (χ0v) is 11.9. The van der Waals surface area contributed by atoms with Gasteiger partial charge in [-0.25, -0.2) is 4.79 Å². The Morgan fingerprint density at radius 2 is 1.68 bits per heavy atom. The first-order valence-electron chi connectivity index (χ1n) is 6.79. The quantitative estimate of drug-likeness (QED) is 0.429. The minimum Gasteiger partial charge on any atom is -0.507 e. The second-order valence-electron chi connectivity index (χ2n) is 5.04. The van der Waals surface area contributed by atoms with Crippen molar-refractivity contribution >= 4 is 16.7 Å². The van der Waals surface area contributed by atoms with Gasteiger partial charge >= 0.3 is 5.97 Å². The first kappa shape index (κ1) is 13.9. The summed E-state index contributed by atoms with van der Waals surface area (Å²) in [7, 11) is 0. The summed E-state index contributed by atoms with van der Waals surface area (Å²) in [5, 5.41) is 21.3. The van der Waals surface area contributed by atoms with Gasteiger partial charge in [0.2, 0.25) is 0 Å². The first-order valence-corrected chi connectivity index (χ1v) is 6.79. The lowest BCUT2D eigenvalue weighted by molar-refractivity contribution is 0.0731. The number of hydrogen-bond acceptors (Lipinski definition) is 4. The van der Waals surface area contributed by atoms with Crippen LogP contribution in [0, 0.1) is 6.92 Å². The number of esters is 1. The summed E-state index contributed by atoms with van der Waals surface area (Å²) >= 11 is 0. The SMILES string of the molecule is Cc1ccc2c(O)c(C(=O)Oc3ccccc3)cc(O)c2c1. The lowest BCUT2D eigenvalue weighted by Gasteiger charge is -2.10. The Morgan fingerprint density at radius 1 is 0.955 bits per heavy atom. The summed E-state index contributed by atoms with van der Waals surface area (Å²) in [4.78, 5) is 12.2. The second kappa shape index (κ2) is 5.41. The molecule has 0 saturated heterocycles. The molecule has 0 saturated carbocycles. The first-order chi connectivity index (χ1) is 10.6. The zero-order chi connectivity index (χ0) is 15.7. The number of aromatic hydroxyl groups is 2. The van der Waals surface area contributed by atoms with Gasteiger partial charge in [-0.3, -0.25) is 0 Å². The number of fused-ring (bicyclic) bond motifs is 1. The van der Waals surface area contributed by atoms with Crippen molar-refractivity contribution in [2.75, 3.05) is 0 Å². The molecule has 0 radical (unpaired) electrons. The number of aryl methyl sites for hydroxylation is 1. The summed E-state index contributed by atoms with van der Waals surface area (Å²) in [6, 6.07) is 15.0. The van der Waals surface area contributed by atoms with Crippen molar-refractivity contribution in [3.63, 3.8) is 0 Å². The molecule has 0 bridgehead atoms. The van der Waals surface area contributed by atoms with Gasteiger partial charge in [0, 0.05) is 10.8 Å². The number of rotatable bonds is 2. The van der Waals surface area contributed by atoms with Crippen molar-refractivity contribution in [3.05, 3.63) is 65.7 Å². The summed E-state index contributed by atoms with van der Waals surface area (Å²) in [6.45, 7) is 1.88. The number of hydrogen-bond donors (Lipinski definition) is 2. The number of carbonyl (C=O) groups is 1. The van der Waals surface area contributed by atoms with E-state index in [1.54, 1.807) is 48.5 Å². The maximum Gasteiger partial charge on any atom is 0.347 e. The topological polar surface area (TPSA) is 66.8 Å². The Balaban J connectivity index is 2.06. The largest absolute Gasteiger partial charge is 0.507 e. The van der Waals surface area contributed by atoms with Gasteiger partial charge in [-0.05, 0) is 31.2 Å². The predicted octanol–water partition coefficient (Wildman–Crippen LogP) is 3.78. The van der Waals surface area contributed by atoms with Crippen molar-refractivity contribution in [2.24, 2.45) is 0 Å². The highest BCUT2D eigenvalue weighted by molar-refractivity contribution is 6.04. The van der Waals surface area contributed by atoms with Crippen LogP contribution in [0.3, 0.4) is 0 Å². The fraction of sp³-hybridized carbons (Fsp3) is 0.0556. The van der Waals surface area contributed by atoms with Crippen LogP contribution >= 0.6 is 0 Å². The van der Waals surface area contributed by atoms with Gasteiger partial charge in [-0.2, -0.15) is 0 Å². The average Bonchev–Trinajstić information content (AvgIpc) is 2.51. The molecule has 4 heteroatoms. The number of phenolic OH excluding ortho intramolecular Hbond substituents is 2. The summed E-state index contributed by atoms with van der Waals surface area (Å²) in [6.07, 6.45) is 0. The van der Waals surface area contributed by atoms with Gasteiger partial charge < -0.3 is 14.9 Å². The van der Waals surface area contributed by atoms with Gasteiger partial charge in [-0.1, -0.05) is 35.9 Å². The van der Waals surface area contributed by atoms with Crippen molar-refractivity contribution in [2.45, 2.75) is 6.92 Å². The highest BCUT2D eigenvalue weighted by atomic mass is 16.5. The Morgan fingerprint density at radius 3 is 2.41 bits per heavy atom. The molecule has 2 N–H and O–H groups in total. The maximum atomic E-state index is 12.2. The van der Waals surface area contributed by atoms with Crippen LogP contribution in [0.15, 0.2) is 54.6 Å². The third-order valence-corrected chi connectivity index (χ3v) is 3.42. The molecule has 0 atom stereocenters. The van der Waals surface area contributed by atoms with Crippen molar-refractivity contribution in [1.29, 1.82) is 0 Å². The van der Waals surface area contributed by atoms with Crippen LogP contribution in [0.25, 0.3) is 10.8 Å². The van der Waals surface area contributed by atoms with E-state index in [9.17, 15) is 15.0 Å². The van der Waals surface area contributed by atoms with E-state index in [2.05, 4.69) is 0 Å². The molecule has 3 aromatic carbocycles. The third-order valence-electron chi connectivity index (χ3n) is 3.42. The van der Waals surface area contributed by atoms with Gasteiger partial charge in [0.05, 0.1) is 0 Å². The van der Waals surface area contributed by atoms with E-state index in [4.69, 9.17) is 4.74 Å². The molecule has 3 aromatic rings. The molecule has 0 amide bonds. The van der Waals surface area contributed by atoms with E-state index in [1.165, 1.54) is 6.07 Å². The van der Waals surface area contributed by atoms with Crippen LogP contribution in [0.1, 0.15) is 15.9 Å². The summed E-state index contributed by atoms with van der Waals surface area (Å²) < 4.78 is 5.20. The van der Waals surface area contributed by atoms with Crippen molar-refractivity contribution in [3.8, 4) is 17.2 Å². The van der Waals surface area contributed by atoms with Gasteiger partial charge in [-0.15, -0.1) is 0 Å². The van der Waals surface area contributed by atoms with E-state index in [0.717, 1.165) is 5.56 Å². The molecule has 110 valence electrons. The molecule has 0 aliphatic rings. The highest BCUT2D eigenvalue weighted by Crippen LogP contribution is 2.36. The molecular formula is C18H14O4. The molecule has 0 heterocycles. The maximum absolute atomic E-state index is 12.2. The Bertz CT molecular complexity index is 854. The predicted molar refractivity (Wildman–Crippen MR) is 83.4 cm³/mol.